The van der Waals surface area contributed by atoms with Crippen molar-refractivity contribution in [2.75, 3.05) is 33.7 Å². The van der Waals surface area contributed by atoms with Gasteiger partial charge in [-0.2, -0.15) is 0 Å². The highest BCUT2D eigenvalue weighted by molar-refractivity contribution is 5.86. The number of guanidine groups is 1. The van der Waals surface area contributed by atoms with E-state index in [4.69, 9.17) is 0 Å². The Bertz CT molecular complexity index is 352. The normalized spacial score (nSPS) is 13.0. The summed E-state index contributed by atoms with van der Waals surface area (Å²) in [5, 5.41) is 9.58. The summed E-state index contributed by atoms with van der Waals surface area (Å²) in [5.41, 5.74) is -0.116. The molecule has 0 aromatic rings. The SMILES string of the molecule is CN=C(NCCNC(C)(C)C)N(C)CC(=O)NC(C)(C)C. The van der Waals surface area contributed by atoms with Gasteiger partial charge in [0.15, 0.2) is 5.96 Å². The molecule has 0 aromatic heterocycles. The van der Waals surface area contributed by atoms with Gasteiger partial charge in [-0.25, -0.2) is 0 Å². The Kier molecular flexibility index (Phi) is 7.71. The lowest BCUT2D eigenvalue weighted by atomic mass is 10.1. The molecule has 0 bridgehead atoms. The summed E-state index contributed by atoms with van der Waals surface area (Å²) in [6.07, 6.45) is 0. The molecule has 124 valence electrons. The van der Waals surface area contributed by atoms with E-state index in [1.807, 2.05) is 32.7 Å². The Hall–Kier alpha value is -1.30. The lowest BCUT2D eigenvalue weighted by Gasteiger charge is -2.26. The van der Waals surface area contributed by atoms with Crippen molar-refractivity contribution in [2.24, 2.45) is 4.99 Å². The first-order valence-electron chi connectivity index (χ1n) is 7.42. The van der Waals surface area contributed by atoms with Crippen molar-refractivity contribution in [2.45, 2.75) is 52.6 Å². The molecule has 0 atom stereocenters. The molecule has 0 heterocycles. The number of carbonyl (C=O) groups excluding carboxylic acids is 1. The van der Waals surface area contributed by atoms with E-state index in [1.165, 1.54) is 0 Å². The highest BCUT2D eigenvalue weighted by Crippen LogP contribution is 1.98. The van der Waals surface area contributed by atoms with Crippen LogP contribution in [0.25, 0.3) is 0 Å². The molecule has 0 saturated heterocycles. The molecule has 6 heteroatoms. The summed E-state index contributed by atoms with van der Waals surface area (Å²) >= 11 is 0. The van der Waals surface area contributed by atoms with Crippen LogP contribution in [0.15, 0.2) is 4.99 Å². The van der Waals surface area contributed by atoms with Crippen molar-refractivity contribution in [3.63, 3.8) is 0 Å². The molecule has 0 fully saturated rings. The van der Waals surface area contributed by atoms with E-state index >= 15 is 0 Å². The lowest BCUT2D eigenvalue weighted by molar-refractivity contribution is -0.122. The van der Waals surface area contributed by atoms with E-state index in [9.17, 15) is 4.79 Å². The van der Waals surface area contributed by atoms with Crippen molar-refractivity contribution in [1.82, 2.24) is 20.9 Å². The number of hydrogen-bond acceptors (Lipinski definition) is 3. The van der Waals surface area contributed by atoms with Crippen LogP contribution in [0.3, 0.4) is 0 Å². The van der Waals surface area contributed by atoms with Crippen LogP contribution in [0.1, 0.15) is 41.5 Å². The Morgan fingerprint density at radius 3 is 2.05 bits per heavy atom. The zero-order chi connectivity index (χ0) is 16.7. The fourth-order valence-corrected chi connectivity index (χ4v) is 1.74. The highest BCUT2D eigenvalue weighted by atomic mass is 16.2. The van der Waals surface area contributed by atoms with Crippen LogP contribution in [0.5, 0.6) is 0 Å². The molecular weight excluding hydrogens is 266 g/mol. The number of amides is 1. The van der Waals surface area contributed by atoms with Crippen LogP contribution >= 0.6 is 0 Å². The maximum absolute atomic E-state index is 11.9. The summed E-state index contributed by atoms with van der Waals surface area (Å²) in [6.45, 7) is 14.2. The molecule has 3 N–H and O–H groups in total. The van der Waals surface area contributed by atoms with Gasteiger partial charge in [0.25, 0.3) is 0 Å². The molecule has 0 aliphatic carbocycles. The van der Waals surface area contributed by atoms with Gasteiger partial charge in [0, 0.05) is 38.3 Å². The predicted molar refractivity (Wildman–Crippen MR) is 89.6 cm³/mol. The molecule has 0 saturated carbocycles. The Morgan fingerprint density at radius 2 is 1.62 bits per heavy atom. The van der Waals surface area contributed by atoms with E-state index in [0.717, 1.165) is 19.0 Å². The van der Waals surface area contributed by atoms with Crippen molar-refractivity contribution >= 4 is 11.9 Å². The summed E-state index contributed by atoms with van der Waals surface area (Å²) in [6, 6.07) is 0. The molecule has 0 aliphatic rings. The van der Waals surface area contributed by atoms with Gasteiger partial charge in [0.1, 0.15) is 0 Å². The van der Waals surface area contributed by atoms with Crippen LogP contribution in [0.2, 0.25) is 0 Å². The van der Waals surface area contributed by atoms with Crippen LogP contribution in [0.4, 0.5) is 0 Å². The molecule has 0 rings (SSSR count). The number of hydrogen-bond donors (Lipinski definition) is 3. The Balaban J connectivity index is 4.20. The first-order chi connectivity index (χ1) is 9.44. The van der Waals surface area contributed by atoms with Gasteiger partial charge in [-0.05, 0) is 41.5 Å². The first-order valence-corrected chi connectivity index (χ1v) is 7.42. The minimum atomic E-state index is -0.217. The molecule has 1 amide bonds. The van der Waals surface area contributed by atoms with Crippen LogP contribution in [-0.2, 0) is 4.79 Å². The second-order valence-corrected chi connectivity index (χ2v) is 7.31. The summed E-state index contributed by atoms with van der Waals surface area (Å²) < 4.78 is 0. The minimum Gasteiger partial charge on any atom is -0.355 e. The van der Waals surface area contributed by atoms with Gasteiger partial charge >= 0.3 is 0 Å². The molecule has 0 unspecified atom stereocenters. The standard InChI is InChI=1S/C15H33N5O/c1-14(2,3)18-10-9-17-13(16-7)20(8)11-12(21)19-15(4,5)6/h18H,9-11H2,1-8H3,(H,16,17)(H,19,21). The number of carbonyl (C=O) groups is 1. The third-order valence-electron chi connectivity index (χ3n) is 2.53. The van der Waals surface area contributed by atoms with Crippen molar-refractivity contribution in [3.05, 3.63) is 0 Å². The van der Waals surface area contributed by atoms with Crippen LogP contribution in [0, 0.1) is 0 Å². The van der Waals surface area contributed by atoms with Gasteiger partial charge in [-0.15, -0.1) is 0 Å². The second-order valence-electron chi connectivity index (χ2n) is 7.31. The fourth-order valence-electron chi connectivity index (χ4n) is 1.74. The lowest BCUT2D eigenvalue weighted by Crippen LogP contribution is -2.50. The largest absolute Gasteiger partial charge is 0.355 e. The van der Waals surface area contributed by atoms with Gasteiger partial charge in [0.2, 0.25) is 5.91 Å². The van der Waals surface area contributed by atoms with Crippen LogP contribution in [-0.4, -0.2) is 61.6 Å². The van der Waals surface area contributed by atoms with Crippen molar-refractivity contribution in [3.8, 4) is 0 Å². The van der Waals surface area contributed by atoms with Crippen LogP contribution < -0.4 is 16.0 Å². The Labute approximate surface area is 129 Å². The molecule has 0 aromatic carbocycles. The quantitative estimate of drug-likeness (QED) is 0.399. The van der Waals surface area contributed by atoms with Gasteiger partial charge < -0.3 is 20.9 Å². The first kappa shape index (κ1) is 19.7. The minimum absolute atomic E-state index is 0.0132. The summed E-state index contributed by atoms with van der Waals surface area (Å²) in [5.74, 6) is 0.704. The number of likely N-dealkylation sites (N-methyl/N-ethyl adjacent to an activating group) is 1. The van der Waals surface area contributed by atoms with Gasteiger partial charge in [-0.3, -0.25) is 9.79 Å². The van der Waals surface area contributed by atoms with E-state index in [1.54, 1.807) is 7.05 Å². The third-order valence-corrected chi connectivity index (χ3v) is 2.53. The molecule has 0 radical (unpaired) electrons. The predicted octanol–water partition coefficient (Wildman–Crippen LogP) is 0.796. The van der Waals surface area contributed by atoms with Crippen molar-refractivity contribution in [1.29, 1.82) is 0 Å². The molecular formula is C15H33N5O. The van der Waals surface area contributed by atoms with E-state index in [2.05, 4.69) is 41.7 Å². The number of nitrogens with zero attached hydrogens (tertiary/aromatic N) is 2. The van der Waals surface area contributed by atoms with E-state index in [-0.39, 0.29) is 23.5 Å². The fraction of sp³-hybridized carbons (Fsp3) is 0.867. The average molecular weight is 299 g/mol. The number of rotatable bonds is 5. The molecule has 6 nitrogen and oxygen atoms in total. The maximum atomic E-state index is 11.9. The summed E-state index contributed by atoms with van der Waals surface area (Å²) in [7, 11) is 3.58. The summed E-state index contributed by atoms with van der Waals surface area (Å²) in [4.78, 5) is 17.9. The smallest absolute Gasteiger partial charge is 0.240 e. The molecule has 0 aliphatic heterocycles. The zero-order valence-corrected chi connectivity index (χ0v) is 14.9. The zero-order valence-electron chi connectivity index (χ0n) is 14.9. The topological polar surface area (TPSA) is 68.8 Å². The third kappa shape index (κ3) is 11.1. The monoisotopic (exact) mass is 299 g/mol. The maximum Gasteiger partial charge on any atom is 0.240 e. The Morgan fingerprint density at radius 1 is 1.05 bits per heavy atom. The van der Waals surface area contributed by atoms with E-state index in [0.29, 0.717) is 0 Å². The van der Waals surface area contributed by atoms with E-state index < -0.39 is 0 Å². The highest BCUT2D eigenvalue weighted by Gasteiger charge is 2.16. The second kappa shape index (κ2) is 8.22. The van der Waals surface area contributed by atoms with Gasteiger partial charge in [0.05, 0.1) is 6.54 Å². The van der Waals surface area contributed by atoms with Gasteiger partial charge in [-0.1, -0.05) is 0 Å². The average Bonchev–Trinajstić information content (AvgIpc) is 2.24. The molecule has 0 spiro atoms. The molecule has 21 heavy (non-hydrogen) atoms. The van der Waals surface area contributed by atoms with Crippen molar-refractivity contribution < 1.29 is 4.79 Å². The number of nitrogens with one attached hydrogen (secondary N) is 3. The number of aliphatic imine (C=N–C) groups is 1.